The summed E-state index contributed by atoms with van der Waals surface area (Å²) in [6, 6.07) is 34.3. The molecule has 0 aromatic heterocycles. The maximum Gasteiger partial charge on any atom is 0.0920 e. The number of fused-ring (bicyclic) bond motifs is 4. The van der Waals surface area contributed by atoms with Crippen LogP contribution in [-0.4, -0.2) is 9.52 Å². The van der Waals surface area contributed by atoms with Crippen molar-refractivity contribution in [2.45, 2.75) is 47.0 Å². The Bertz CT molecular complexity index is 1500. The van der Waals surface area contributed by atoms with Crippen LogP contribution in [0.5, 0.6) is 0 Å². The number of hydrogen-bond donors (Lipinski definition) is 0. The molecule has 0 aliphatic carbocycles. The van der Waals surface area contributed by atoms with Crippen LogP contribution in [0, 0.1) is 26.8 Å². The summed E-state index contributed by atoms with van der Waals surface area (Å²) < 4.78 is 0. The first-order valence-electron chi connectivity index (χ1n) is 12.7. The SMILES string of the molecule is Cc1cc(C)cc(-c2c(C(C)(C)C)ccc3[cH-]c(C)cc23)c1.[Cl][Zr+2][Cl].[c-]1cccc2c1[Si]c1ccccc1-2. The molecule has 0 fully saturated rings. The van der Waals surface area contributed by atoms with E-state index in [4.69, 9.17) is 17.0 Å². The van der Waals surface area contributed by atoms with E-state index in [2.05, 4.69) is 126 Å². The zero-order valence-corrected chi connectivity index (χ0v) is 27.8. The molecule has 0 saturated carbocycles. The van der Waals surface area contributed by atoms with E-state index < -0.39 is 20.8 Å². The second kappa shape index (κ2) is 12.6. The summed E-state index contributed by atoms with van der Waals surface area (Å²) in [4.78, 5) is 0. The Morgan fingerprint density at radius 2 is 1.47 bits per heavy atom. The molecule has 0 atom stereocenters. The predicted octanol–water partition coefficient (Wildman–Crippen LogP) is 8.95. The molecule has 0 spiro atoms. The van der Waals surface area contributed by atoms with Gasteiger partial charge in [0.25, 0.3) is 0 Å². The van der Waals surface area contributed by atoms with Gasteiger partial charge in [-0.3, -0.25) is 0 Å². The number of aryl methyl sites for hydroxylation is 3. The Morgan fingerprint density at radius 3 is 2.16 bits per heavy atom. The van der Waals surface area contributed by atoms with Crippen molar-refractivity contribution in [3.63, 3.8) is 0 Å². The molecule has 5 aromatic rings. The van der Waals surface area contributed by atoms with Crippen molar-refractivity contribution in [1.29, 1.82) is 0 Å². The average molecular weight is 631 g/mol. The van der Waals surface area contributed by atoms with Crippen LogP contribution in [0.2, 0.25) is 0 Å². The molecule has 38 heavy (non-hydrogen) atoms. The van der Waals surface area contributed by atoms with Gasteiger partial charge in [-0.15, -0.1) is 40.1 Å². The fourth-order valence-corrected chi connectivity index (χ4v) is 6.52. The summed E-state index contributed by atoms with van der Waals surface area (Å²) in [7, 11) is 10.7. The zero-order chi connectivity index (χ0) is 27.4. The molecule has 0 unspecified atom stereocenters. The Kier molecular flexibility index (Phi) is 9.64. The summed E-state index contributed by atoms with van der Waals surface area (Å²) in [5, 5.41) is 5.55. The van der Waals surface area contributed by atoms with Crippen LogP contribution < -0.4 is 10.4 Å². The summed E-state index contributed by atoms with van der Waals surface area (Å²) in [5.41, 5.74) is 11.1. The molecule has 5 aromatic carbocycles. The molecule has 0 bridgehead atoms. The van der Waals surface area contributed by atoms with Crippen LogP contribution in [0.3, 0.4) is 0 Å². The second-order valence-corrected chi connectivity index (χ2v) is 15.9. The zero-order valence-electron chi connectivity index (χ0n) is 22.8. The number of rotatable bonds is 1. The van der Waals surface area contributed by atoms with Crippen molar-refractivity contribution in [1.82, 2.24) is 0 Å². The van der Waals surface area contributed by atoms with E-state index in [1.54, 1.807) is 0 Å². The largest absolute Gasteiger partial charge is 0.184 e. The Morgan fingerprint density at radius 1 is 0.816 bits per heavy atom. The van der Waals surface area contributed by atoms with Gasteiger partial charge in [0.1, 0.15) is 0 Å². The van der Waals surface area contributed by atoms with Crippen LogP contribution in [0.15, 0.2) is 84.9 Å². The van der Waals surface area contributed by atoms with Crippen molar-refractivity contribution in [3.05, 3.63) is 113 Å². The summed E-state index contributed by atoms with van der Waals surface area (Å²) in [6.45, 7) is 13.5. The third-order valence-electron chi connectivity index (χ3n) is 6.69. The van der Waals surface area contributed by atoms with E-state index in [0.717, 1.165) is 9.52 Å². The molecule has 1 aliphatic heterocycles. The smallest absolute Gasteiger partial charge is 0.0920 e. The molecule has 1 aliphatic rings. The number of halogens is 2. The van der Waals surface area contributed by atoms with E-state index in [1.165, 1.54) is 65.7 Å². The van der Waals surface area contributed by atoms with E-state index in [9.17, 15) is 0 Å². The summed E-state index contributed by atoms with van der Waals surface area (Å²) in [6.07, 6.45) is 0. The topological polar surface area (TPSA) is 0 Å². The molecular weight excluding hydrogens is 599 g/mol. The van der Waals surface area contributed by atoms with Gasteiger partial charge < -0.3 is 0 Å². The van der Waals surface area contributed by atoms with Crippen LogP contribution in [0.4, 0.5) is 0 Å². The molecule has 2 radical (unpaired) electrons. The van der Waals surface area contributed by atoms with Crippen LogP contribution >= 0.6 is 17.0 Å². The minimum atomic E-state index is -0.826. The second-order valence-electron chi connectivity index (χ2n) is 10.9. The van der Waals surface area contributed by atoms with Crippen molar-refractivity contribution in [2.24, 2.45) is 0 Å². The van der Waals surface area contributed by atoms with E-state index in [1.807, 2.05) is 6.07 Å². The van der Waals surface area contributed by atoms with Crippen molar-refractivity contribution < 1.29 is 20.8 Å². The van der Waals surface area contributed by atoms with Crippen molar-refractivity contribution in [3.8, 4) is 22.3 Å². The van der Waals surface area contributed by atoms with Crippen molar-refractivity contribution >= 4 is 47.7 Å². The number of hydrogen-bond acceptors (Lipinski definition) is 0. The monoisotopic (exact) mass is 628 g/mol. The molecule has 0 amide bonds. The fourth-order valence-electron chi connectivity index (χ4n) is 5.21. The first-order chi connectivity index (χ1) is 18.1. The Balaban J connectivity index is 0.000000177. The van der Waals surface area contributed by atoms with E-state index in [-0.39, 0.29) is 5.41 Å². The molecular formula is C34H32Cl2SiZr. The third-order valence-corrected chi connectivity index (χ3v) is 8.05. The predicted molar refractivity (Wildman–Crippen MR) is 165 cm³/mol. The standard InChI is InChI=1S/C22H25.C12H7Si.2ClH.Zr/c1-14-9-15(2)12-18(11-14)21-19-13-16(3)10-17(19)7-8-20(21)22(4,5)6;1-3-7-11-9(5-1)10-6-2-4-8-12(10)13-11;;;/h7-13H,1-6H3;1-7H;2*1H;/q2*-1;;;+4/p-2. The van der Waals surface area contributed by atoms with Crippen LogP contribution in [0.25, 0.3) is 33.0 Å². The third kappa shape index (κ3) is 6.65. The van der Waals surface area contributed by atoms with Crippen molar-refractivity contribution in [2.75, 3.05) is 0 Å². The Labute approximate surface area is 249 Å². The molecule has 1 heterocycles. The van der Waals surface area contributed by atoms with Gasteiger partial charge in [0.15, 0.2) is 0 Å². The van der Waals surface area contributed by atoms with Gasteiger partial charge in [-0.1, -0.05) is 103 Å². The number of benzene rings is 4. The first-order valence-corrected chi connectivity index (χ1v) is 20.1. The average Bonchev–Trinajstić information content (AvgIpc) is 3.42. The van der Waals surface area contributed by atoms with Crippen LogP contribution in [-0.2, 0) is 26.3 Å². The van der Waals surface area contributed by atoms with Gasteiger partial charge in [0.05, 0.1) is 9.52 Å². The van der Waals surface area contributed by atoms with Crippen LogP contribution in [0.1, 0.15) is 43.0 Å². The Hall–Kier alpha value is -1.83. The van der Waals surface area contributed by atoms with Gasteiger partial charge in [-0.05, 0) is 24.8 Å². The minimum absolute atomic E-state index is 0.131. The summed E-state index contributed by atoms with van der Waals surface area (Å²) in [5.74, 6) is 0. The molecule has 0 N–H and O–H groups in total. The molecule has 190 valence electrons. The van der Waals surface area contributed by atoms with Gasteiger partial charge >= 0.3 is 37.9 Å². The van der Waals surface area contributed by atoms with Gasteiger partial charge in [-0.25, -0.2) is 0 Å². The maximum absolute atomic E-state index is 4.93. The maximum atomic E-state index is 4.93. The van der Waals surface area contributed by atoms with E-state index in [0.29, 0.717) is 0 Å². The summed E-state index contributed by atoms with van der Waals surface area (Å²) >= 11 is -0.826. The minimum Gasteiger partial charge on any atom is -0.184 e. The van der Waals surface area contributed by atoms with Gasteiger partial charge in [0, 0.05) is 0 Å². The molecule has 0 nitrogen and oxygen atoms in total. The quantitative estimate of drug-likeness (QED) is 0.126. The molecule has 6 rings (SSSR count). The molecule has 4 heteroatoms. The van der Waals surface area contributed by atoms with Gasteiger partial charge in [0.2, 0.25) is 0 Å². The first kappa shape index (κ1) is 29.2. The molecule has 0 saturated heterocycles. The van der Waals surface area contributed by atoms with Gasteiger partial charge in [-0.2, -0.15) is 35.5 Å². The van der Waals surface area contributed by atoms with E-state index >= 15 is 0 Å². The normalized spacial score (nSPS) is 11.5. The fraction of sp³-hybridized carbons (Fsp3) is 0.206.